The molecule has 3 nitrogen and oxygen atoms in total. The number of thioether (sulfide) groups is 2. The van der Waals surface area contributed by atoms with Gasteiger partial charge in [0.25, 0.3) is 5.91 Å². The summed E-state index contributed by atoms with van der Waals surface area (Å²) < 4.78 is 3.41. The molecular weight excluding hydrogens is 404 g/mol. The minimum absolute atomic E-state index is 0.176. The Labute approximate surface area is 179 Å². The van der Waals surface area contributed by atoms with E-state index >= 15 is 0 Å². The van der Waals surface area contributed by atoms with Crippen molar-refractivity contribution in [2.75, 3.05) is 12.0 Å². The van der Waals surface area contributed by atoms with E-state index in [2.05, 4.69) is 55.6 Å². The molecule has 28 heavy (non-hydrogen) atoms. The lowest BCUT2D eigenvalue weighted by atomic mass is 10.1. The first-order valence-corrected chi connectivity index (χ1v) is 12.4. The summed E-state index contributed by atoms with van der Waals surface area (Å²) in [7, 11) is 0. The van der Waals surface area contributed by atoms with Gasteiger partial charge < -0.3 is 4.57 Å². The number of benzene rings is 2. The minimum atomic E-state index is -0.176. The van der Waals surface area contributed by atoms with E-state index in [0.717, 1.165) is 22.0 Å². The van der Waals surface area contributed by atoms with Crippen molar-refractivity contribution in [1.82, 2.24) is 4.57 Å². The molecule has 148 valence electrons. The van der Waals surface area contributed by atoms with Gasteiger partial charge in [-0.05, 0) is 55.5 Å². The number of thiazole rings is 1. The lowest BCUT2D eigenvalue weighted by Crippen LogP contribution is -2.18. The van der Waals surface area contributed by atoms with Crippen LogP contribution in [0.2, 0.25) is 0 Å². The Morgan fingerprint density at radius 3 is 2.71 bits per heavy atom. The van der Waals surface area contributed by atoms with Crippen LogP contribution in [0.1, 0.15) is 35.3 Å². The first-order valence-electron chi connectivity index (χ1n) is 9.34. The standard InChI is InChI=1S/C22H26N2OS3/c1-14(2)27-18-8-6-7-17(13-18)21(25)23-22-24(9-10-26-5)19-12-15(3)11-16(4)20(19)28-22/h6-8,11-14H,9-10H2,1-5H3. The van der Waals surface area contributed by atoms with Crippen molar-refractivity contribution in [2.24, 2.45) is 4.99 Å². The highest BCUT2D eigenvalue weighted by Gasteiger charge is 2.12. The molecule has 0 saturated carbocycles. The van der Waals surface area contributed by atoms with Gasteiger partial charge in [0.15, 0.2) is 4.80 Å². The van der Waals surface area contributed by atoms with Crippen molar-refractivity contribution in [2.45, 2.75) is 44.4 Å². The fourth-order valence-electron chi connectivity index (χ4n) is 3.12. The summed E-state index contributed by atoms with van der Waals surface area (Å²) in [6.45, 7) is 9.39. The Morgan fingerprint density at radius 1 is 1.21 bits per heavy atom. The van der Waals surface area contributed by atoms with Gasteiger partial charge in [0.05, 0.1) is 10.2 Å². The Balaban J connectivity index is 2.07. The zero-order chi connectivity index (χ0) is 20.3. The molecule has 0 unspecified atom stereocenters. The van der Waals surface area contributed by atoms with Crippen LogP contribution in [-0.4, -0.2) is 27.7 Å². The number of aryl methyl sites for hydroxylation is 3. The summed E-state index contributed by atoms with van der Waals surface area (Å²) in [5, 5.41) is 0.477. The van der Waals surface area contributed by atoms with Gasteiger partial charge in [0, 0.05) is 28.0 Å². The Bertz CT molecular complexity index is 1060. The van der Waals surface area contributed by atoms with Crippen LogP contribution in [0.3, 0.4) is 0 Å². The molecule has 1 amide bonds. The highest BCUT2D eigenvalue weighted by atomic mass is 32.2. The summed E-state index contributed by atoms with van der Waals surface area (Å²) in [4.78, 5) is 19.3. The molecule has 0 bridgehead atoms. The normalized spacial score (nSPS) is 12.3. The fraction of sp³-hybridized carbons (Fsp3) is 0.364. The summed E-state index contributed by atoms with van der Waals surface area (Å²) >= 11 is 5.17. The molecule has 0 atom stereocenters. The maximum atomic E-state index is 12.9. The lowest BCUT2D eigenvalue weighted by Gasteiger charge is -2.06. The van der Waals surface area contributed by atoms with Crippen molar-refractivity contribution in [1.29, 1.82) is 0 Å². The van der Waals surface area contributed by atoms with Crippen molar-refractivity contribution in [3.8, 4) is 0 Å². The Hall–Kier alpha value is -1.50. The van der Waals surface area contributed by atoms with Crippen molar-refractivity contribution in [3.63, 3.8) is 0 Å². The van der Waals surface area contributed by atoms with E-state index in [-0.39, 0.29) is 5.91 Å². The number of rotatable bonds is 6. The maximum Gasteiger partial charge on any atom is 0.279 e. The zero-order valence-corrected chi connectivity index (χ0v) is 19.4. The maximum absolute atomic E-state index is 12.9. The number of carbonyl (C=O) groups is 1. The molecule has 0 aliphatic rings. The molecule has 3 aromatic rings. The van der Waals surface area contributed by atoms with Crippen LogP contribution in [0.15, 0.2) is 46.3 Å². The van der Waals surface area contributed by atoms with Gasteiger partial charge in [-0.25, -0.2) is 0 Å². The second kappa shape index (κ2) is 9.33. The molecule has 0 aliphatic carbocycles. The van der Waals surface area contributed by atoms with E-state index in [9.17, 15) is 4.79 Å². The average Bonchev–Trinajstić information content (AvgIpc) is 2.97. The van der Waals surface area contributed by atoms with Gasteiger partial charge in [-0.3, -0.25) is 4.79 Å². The van der Waals surface area contributed by atoms with Crippen LogP contribution in [0.5, 0.6) is 0 Å². The van der Waals surface area contributed by atoms with E-state index < -0.39 is 0 Å². The van der Waals surface area contributed by atoms with Crippen molar-refractivity contribution in [3.05, 3.63) is 57.9 Å². The zero-order valence-electron chi connectivity index (χ0n) is 17.0. The third-order valence-electron chi connectivity index (χ3n) is 4.28. The van der Waals surface area contributed by atoms with Gasteiger partial charge in [0.1, 0.15) is 0 Å². The summed E-state index contributed by atoms with van der Waals surface area (Å²) in [6.07, 6.45) is 2.10. The molecule has 0 fully saturated rings. The van der Waals surface area contributed by atoms with Crippen LogP contribution >= 0.6 is 34.9 Å². The SMILES string of the molecule is CSCCn1c(=NC(=O)c2cccc(SC(C)C)c2)sc2c(C)cc(C)cc21. The molecule has 3 rings (SSSR count). The summed E-state index contributed by atoms with van der Waals surface area (Å²) in [5.41, 5.74) is 4.29. The molecule has 1 aromatic heterocycles. The van der Waals surface area contributed by atoms with E-state index in [1.807, 2.05) is 24.3 Å². The molecule has 6 heteroatoms. The Morgan fingerprint density at radius 2 is 2.00 bits per heavy atom. The number of amides is 1. The average molecular weight is 431 g/mol. The summed E-state index contributed by atoms with van der Waals surface area (Å²) in [6, 6.07) is 12.2. The van der Waals surface area contributed by atoms with Gasteiger partial charge in [-0.1, -0.05) is 37.3 Å². The highest BCUT2D eigenvalue weighted by Crippen LogP contribution is 2.25. The smallest absolute Gasteiger partial charge is 0.279 e. The van der Waals surface area contributed by atoms with Gasteiger partial charge >= 0.3 is 0 Å². The molecule has 2 aromatic carbocycles. The van der Waals surface area contributed by atoms with E-state index in [4.69, 9.17) is 0 Å². The number of fused-ring (bicyclic) bond motifs is 1. The minimum Gasteiger partial charge on any atom is -0.315 e. The molecule has 0 spiro atoms. The van der Waals surface area contributed by atoms with E-state index in [1.54, 1.807) is 34.9 Å². The van der Waals surface area contributed by atoms with E-state index in [1.165, 1.54) is 21.3 Å². The number of nitrogens with zero attached hydrogens (tertiary/aromatic N) is 2. The number of hydrogen-bond acceptors (Lipinski definition) is 4. The third-order valence-corrected chi connectivity index (χ3v) is 7.10. The number of carbonyl (C=O) groups excluding carboxylic acids is 1. The summed E-state index contributed by atoms with van der Waals surface area (Å²) in [5.74, 6) is 0.811. The van der Waals surface area contributed by atoms with Gasteiger partial charge in [-0.15, -0.1) is 11.8 Å². The first kappa shape index (κ1) is 21.2. The monoisotopic (exact) mass is 430 g/mol. The number of aromatic nitrogens is 1. The third kappa shape index (κ3) is 4.91. The van der Waals surface area contributed by atoms with Crippen molar-refractivity contribution >= 4 is 51.0 Å². The van der Waals surface area contributed by atoms with Crippen molar-refractivity contribution < 1.29 is 4.79 Å². The van der Waals surface area contributed by atoms with Crippen LogP contribution in [-0.2, 0) is 6.54 Å². The quantitative estimate of drug-likeness (QED) is 0.455. The van der Waals surface area contributed by atoms with Crippen LogP contribution < -0.4 is 4.80 Å². The van der Waals surface area contributed by atoms with Crippen LogP contribution in [0.4, 0.5) is 0 Å². The molecule has 0 saturated heterocycles. The molecule has 0 N–H and O–H groups in total. The van der Waals surface area contributed by atoms with Crippen LogP contribution in [0, 0.1) is 13.8 Å². The number of hydrogen-bond donors (Lipinski definition) is 0. The topological polar surface area (TPSA) is 34.4 Å². The second-order valence-electron chi connectivity index (χ2n) is 7.07. The largest absolute Gasteiger partial charge is 0.315 e. The molecular formula is C22H26N2OS3. The molecule has 0 aliphatic heterocycles. The van der Waals surface area contributed by atoms with Gasteiger partial charge in [-0.2, -0.15) is 16.8 Å². The first-order chi connectivity index (χ1) is 13.4. The van der Waals surface area contributed by atoms with Gasteiger partial charge in [0.2, 0.25) is 0 Å². The molecule has 1 heterocycles. The lowest BCUT2D eigenvalue weighted by molar-refractivity contribution is 0.0997. The predicted molar refractivity (Wildman–Crippen MR) is 125 cm³/mol. The second-order valence-corrected chi connectivity index (χ2v) is 10.7. The highest BCUT2D eigenvalue weighted by molar-refractivity contribution is 7.99. The Kier molecular flexibility index (Phi) is 7.07. The molecule has 0 radical (unpaired) electrons. The van der Waals surface area contributed by atoms with E-state index in [0.29, 0.717) is 10.8 Å². The predicted octanol–water partition coefficient (Wildman–Crippen LogP) is 5.92. The van der Waals surface area contributed by atoms with Crippen LogP contribution in [0.25, 0.3) is 10.2 Å². The fourth-order valence-corrected chi connectivity index (χ4v) is 5.49.